The molecular weight excluding hydrogens is 174 g/mol. The van der Waals surface area contributed by atoms with Gasteiger partial charge in [0, 0.05) is 14.1 Å². The lowest BCUT2D eigenvalue weighted by atomic mass is 9.87. The molecule has 14 heavy (non-hydrogen) atoms. The highest BCUT2D eigenvalue weighted by Gasteiger charge is 2.15. The standard InChI is InChI=1S/C12H19NO/c1-12(2,3)9-6-7-11(14)10(8-9)13(4)5/h6-8,14H,1-5H3. The number of rotatable bonds is 1. The van der Waals surface area contributed by atoms with Crippen molar-refractivity contribution in [3.8, 4) is 5.75 Å². The van der Waals surface area contributed by atoms with E-state index in [1.807, 2.05) is 31.1 Å². The molecule has 0 aliphatic rings. The highest BCUT2D eigenvalue weighted by molar-refractivity contribution is 5.59. The normalized spacial score (nSPS) is 11.5. The van der Waals surface area contributed by atoms with Crippen molar-refractivity contribution in [2.24, 2.45) is 0 Å². The maximum atomic E-state index is 9.63. The van der Waals surface area contributed by atoms with Gasteiger partial charge in [0.05, 0.1) is 5.69 Å². The van der Waals surface area contributed by atoms with Gasteiger partial charge in [-0.3, -0.25) is 0 Å². The summed E-state index contributed by atoms with van der Waals surface area (Å²) in [6, 6.07) is 5.77. The van der Waals surface area contributed by atoms with Gasteiger partial charge in [-0.15, -0.1) is 0 Å². The molecule has 78 valence electrons. The summed E-state index contributed by atoms with van der Waals surface area (Å²) < 4.78 is 0. The lowest BCUT2D eigenvalue weighted by Gasteiger charge is -2.22. The van der Waals surface area contributed by atoms with E-state index in [4.69, 9.17) is 0 Å². The van der Waals surface area contributed by atoms with E-state index in [0.29, 0.717) is 5.75 Å². The second-order valence-electron chi connectivity index (χ2n) is 4.85. The quantitative estimate of drug-likeness (QED) is 0.741. The van der Waals surface area contributed by atoms with Crippen LogP contribution in [0.25, 0.3) is 0 Å². The third kappa shape index (κ3) is 2.19. The molecule has 0 unspecified atom stereocenters. The number of hydrogen-bond donors (Lipinski definition) is 1. The van der Waals surface area contributed by atoms with Crippen LogP contribution in [0.2, 0.25) is 0 Å². The number of hydrogen-bond acceptors (Lipinski definition) is 2. The Morgan fingerprint density at radius 3 is 2.14 bits per heavy atom. The first-order chi connectivity index (χ1) is 6.32. The van der Waals surface area contributed by atoms with Gasteiger partial charge in [0.1, 0.15) is 5.75 Å². The van der Waals surface area contributed by atoms with Crippen LogP contribution in [0, 0.1) is 0 Å². The Morgan fingerprint density at radius 2 is 1.71 bits per heavy atom. The van der Waals surface area contributed by atoms with E-state index in [1.54, 1.807) is 6.07 Å². The van der Waals surface area contributed by atoms with Gasteiger partial charge in [-0.2, -0.15) is 0 Å². The number of phenolic OH excluding ortho intramolecular Hbond substituents is 1. The van der Waals surface area contributed by atoms with Crippen molar-refractivity contribution in [2.45, 2.75) is 26.2 Å². The molecule has 0 saturated carbocycles. The van der Waals surface area contributed by atoms with Gasteiger partial charge >= 0.3 is 0 Å². The molecule has 1 rings (SSSR count). The monoisotopic (exact) mass is 193 g/mol. The number of phenols is 1. The highest BCUT2D eigenvalue weighted by Crippen LogP contribution is 2.31. The van der Waals surface area contributed by atoms with Gasteiger partial charge in [-0.1, -0.05) is 26.8 Å². The minimum absolute atomic E-state index is 0.123. The Balaban J connectivity index is 3.20. The average Bonchev–Trinajstić information content (AvgIpc) is 2.02. The molecule has 0 amide bonds. The molecule has 0 bridgehead atoms. The Bertz CT molecular complexity index is 324. The van der Waals surface area contributed by atoms with E-state index in [-0.39, 0.29) is 5.41 Å². The third-order valence-corrected chi connectivity index (χ3v) is 2.32. The molecule has 0 fully saturated rings. The van der Waals surface area contributed by atoms with Gasteiger partial charge in [-0.25, -0.2) is 0 Å². The van der Waals surface area contributed by atoms with Gasteiger partial charge in [0.15, 0.2) is 0 Å². The van der Waals surface area contributed by atoms with Gasteiger partial charge in [0.2, 0.25) is 0 Å². The summed E-state index contributed by atoms with van der Waals surface area (Å²) in [6.45, 7) is 6.50. The summed E-state index contributed by atoms with van der Waals surface area (Å²) >= 11 is 0. The first-order valence-corrected chi connectivity index (χ1v) is 4.83. The fraction of sp³-hybridized carbons (Fsp3) is 0.500. The topological polar surface area (TPSA) is 23.5 Å². The van der Waals surface area contributed by atoms with Crippen LogP contribution >= 0.6 is 0 Å². The summed E-state index contributed by atoms with van der Waals surface area (Å²) in [6.07, 6.45) is 0. The van der Waals surface area contributed by atoms with Crippen molar-refractivity contribution in [3.63, 3.8) is 0 Å². The first kappa shape index (κ1) is 10.9. The summed E-state index contributed by atoms with van der Waals surface area (Å²) in [5.74, 6) is 0.336. The lowest BCUT2D eigenvalue weighted by molar-refractivity contribution is 0.474. The lowest BCUT2D eigenvalue weighted by Crippen LogP contribution is -2.14. The number of nitrogens with zero attached hydrogens (tertiary/aromatic N) is 1. The van der Waals surface area contributed by atoms with Crippen LogP contribution in [-0.4, -0.2) is 19.2 Å². The zero-order valence-corrected chi connectivity index (χ0v) is 9.63. The highest BCUT2D eigenvalue weighted by atomic mass is 16.3. The van der Waals surface area contributed by atoms with Crippen LogP contribution in [-0.2, 0) is 5.41 Å². The number of benzene rings is 1. The molecule has 0 saturated heterocycles. The van der Waals surface area contributed by atoms with Crippen LogP contribution < -0.4 is 4.90 Å². The van der Waals surface area contributed by atoms with E-state index in [1.165, 1.54) is 5.56 Å². The van der Waals surface area contributed by atoms with E-state index in [0.717, 1.165) is 5.69 Å². The summed E-state index contributed by atoms with van der Waals surface area (Å²) in [4.78, 5) is 1.92. The Hall–Kier alpha value is -1.18. The summed E-state index contributed by atoms with van der Waals surface area (Å²) in [5.41, 5.74) is 2.23. The molecule has 2 heteroatoms. The molecule has 1 aromatic rings. The van der Waals surface area contributed by atoms with Gasteiger partial charge in [0.25, 0.3) is 0 Å². The van der Waals surface area contributed by atoms with Crippen molar-refractivity contribution < 1.29 is 5.11 Å². The van der Waals surface area contributed by atoms with E-state index in [2.05, 4.69) is 20.8 Å². The predicted octanol–water partition coefficient (Wildman–Crippen LogP) is 2.76. The zero-order chi connectivity index (χ0) is 10.9. The maximum absolute atomic E-state index is 9.63. The minimum atomic E-state index is 0.123. The van der Waals surface area contributed by atoms with Crippen LogP contribution in [0.15, 0.2) is 18.2 Å². The molecule has 0 atom stereocenters. The molecule has 1 aromatic carbocycles. The third-order valence-electron chi connectivity index (χ3n) is 2.32. The van der Waals surface area contributed by atoms with Crippen molar-refractivity contribution in [1.82, 2.24) is 0 Å². The van der Waals surface area contributed by atoms with E-state index < -0.39 is 0 Å². The van der Waals surface area contributed by atoms with Crippen molar-refractivity contribution >= 4 is 5.69 Å². The molecule has 0 radical (unpaired) electrons. The second-order valence-corrected chi connectivity index (χ2v) is 4.85. The van der Waals surface area contributed by atoms with Crippen molar-refractivity contribution in [1.29, 1.82) is 0 Å². The molecule has 0 aliphatic carbocycles. The summed E-state index contributed by atoms with van der Waals surface area (Å²) in [5, 5.41) is 9.63. The molecular formula is C12H19NO. The molecule has 0 spiro atoms. The van der Waals surface area contributed by atoms with Crippen molar-refractivity contribution in [2.75, 3.05) is 19.0 Å². The summed E-state index contributed by atoms with van der Waals surface area (Å²) in [7, 11) is 3.86. The van der Waals surface area contributed by atoms with E-state index in [9.17, 15) is 5.11 Å². The van der Waals surface area contributed by atoms with Crippen LogP contribution in [0.4, 0.5) is 5.69 Å². The smallest absolute Gasteiger partial charge is 0.138 e. The van der Waals surface area contributed by atoms with Crippen LogP contribution in [0.3, 0.4) is 0 Å². The second kappa shape index (κ2) is 3.52. The number of anilines is 1. The Labute approximate surface area is 86.2 Å². The Kier molecular flexibility index (Phi) is 2.74. The molecule has 1 N–H and O–H groups in total. The molecule has 0 aromatic heterocycles. The minimum Gasteiger partial charge on any atom is -0.506 e. The fourth-order valence-electron chi connectivity index (χ4n) is 1.35. The van der Waals surface area contributed by atoms with Crippen LogP contribution in [0.5, 0.6) is 5.75 Å². The zero-order valence-electron chi connectivity index (χ0n) is 9.63. The largest absolute Gasteiger partial charge is 0.506 e. The SMILES string of the molecule is CN(C)c1cc(C(C)(C)C)ccc1O. The predicted molar refractivity (Wildman–Crippen MR) is 61.1 cm³/mol. The maximum Gasteiger partial charge on any atom is 0.138 e. The van der Waals surface area contributed by atoms with Gasteiger partial charge in [-0.05, 0) is 23.1 Å². The molecule has 2 nitrogen and oxygen atoms in total. The average molecular weight is 193 g/mol. The fourth-order valence-corrected chi connectivity index (χ4v) is 1.35. The Morgan fingerprint density at radius 1 is 1.14 bits per heavy atom. The molecule has 0 aliphatic heterocycles. The first-order valence-electron chi connectivity index (χ1n) is 4.83. The van der Waals surface area contributed by atoms with Crippen molar-refractivity contribution in [3.05, 3.63) is 23.8 Å². The van der Waals surface area contributed by atoms with Crippen LogP contribution in [0.1, 0.15) is 26.3 Å². The van der Waals surface area contributed by atoms with E-state index >= 15 is 0 Å². The number of aromatic hydroxyl groups is 1. The van der Waals surface area contributed by atoms with Gasteiger partial charge < -0.3 is 10.0 Å². The molecule has 0 heterocycles.